The molecule has 0 aliphatic carbocycles. The molecule has 2 rings (SSSR count). The van der Waals surface area contributed by atoms with Crippen molar-refractivity contribution in [2.45, 2.75) is 0 Å². The summed E-state index contributed by atoms with van der Waals surface area (Å²) >= 11 is 0. The Kier molecular flexibility index (Phi) is 1.58. The van der Waals surface area contributed by atoms with E-state index in [-0.39, 0.29) is 5.82 Å². The molecule has 2 aromatic rings. The molecule has 13 heavy (non-hydrogen) atoms. The van der Waals surface area contributed by atoms with Gasteiger partial charge in [0, 0.05) is 12.1 Å². The maximum Gasteiger partial charge on any atom is 0.156 e. The van der Waals surface area contributed by atoms with Gasteiger partial charge in [0.2, 0.25) is 0 Å². The first-order chi connectivity index (χ1) is 6.22. The van der Waals surface area contributed by atoms with Gasteiger partial charge in [0.25, 0.3) is 0 Å². The number of fused-ring (bicyclic) bond motifs is 1. The quantitative estimate of drug-likeness (QED) is 0.696. The third-order valence-corrected chi connectivity index (χ3v) is 1.85. The van der Waals surface area contributed by atoms with Crippen LogP contribution in [-0.4, -0.2) is 17.3 Å². The number of benzene rings is 1. The number of ether oxygens (including phenoxy) is 1. The Hall–Kier alpha value is -1.78. The molecule has 0 saturated carbocycles. The van der Waals surface area contributed by atoms with Crippen LogP contribution in [0, 0.1) is 5.82 Å². The highest BCUT2D eigenvalue weighted by Crippen LogP contribution is 2.26. The summed E-state index contributed by atoms with van der Waals surface area (Å²) in [6, 6.07) is 2.91. The molecule has 1 heterocycles. The fourth-order valence-corrected chi connectivity index (χ4v) is 1.22. The van der Waals surface area contributed by atoms with Gasteiger partial charge in [0.05, 0.1) is 18.0 Å². The van der Waals surface area contributed by atoms with Crippen molar-refractivity contribution in [1.82, 2.24) is 10.2 Å². The van der Waals surface area contributed by atoms with E-state index in [2.05, 4.69) is 10.2 Å². The molecular weight excluding hydrogens is 173 g/mol. The molecule has 1 aromatic carbocycles. The lowest BCUT2D eigenvalue weighted by Crippen LogP contribution is -1.88. The van der Waals surface area contributed by atoms with Crippen molar-refractivity contribution < 1.29 is 9.13 Å². The number of aromatic amines is 1. The molecule has 0 atom stereocenters. The first-order valence-corrected chi connectivity index (χ1v) is 3.69. The molecule has 0 fully saturated rings. The average Bonchev–Trinajstić information content (AvgIpc) is 2.48. The third kappa shape index (κ3) is 1.09. The highest BCUT2D eigenvalue weighted by Gasteiger charge is 2.09. The van der Waals surface area contributed by atoms with Crippen molar-refractivity contribution in [2.75, 3.05) is 12.8 Å². The molecule has 0 saturated heterocycles. The van der Waals surface area contributed by atoms with E-state index in [0.717, 1.165) is 0 Å². The minimum absolute atomic E-state index is 0.162. The zero-order valence-corrected chi connectivity index (χ0v) is 6.97. The standard InChI is InChI=1S/C8H8FN3O/c1-13-4-2-5(9)7-6(3-4)11-12-8(7)10/h2-3H,1H3,(H3,10,11,12). The highest BCUT2D eigenvalue weighted by atomic mass is 19.1. The number of nitrogens with two attached hydrogens (primary N) is 1. The molecular formula is C8H8FN3O. The van der Waals surface area contributed by atoms with Crippen molar-refractivity contribution in [3.8, 4) is 5.75 Å². The second-order valence-corrected chi connectivity index (χ2v) is 2.64. The zero-order chi connectivity index (χ0) is 9.42. The van der Waals surface area contributed by atoms with E-state index in [0.29, 0.717) is 16.7 Å². The maximum absolute atomic E-state index is 13.3. The summed E-state index contributed by atoms with van der Waals surface area (Å²) in [5.41, 5.74) is 5.98. The first kappa shape index (κ1) is 7.85. The zero-order valence-electron chi connectivity index (χ0n) is 6.97. The van der Waals surface area contributed by atoms with Crippen LogP contribution in [-0.2, 0) is 0 Å². The van der Waals surface area contributed by atoms with E-state index >= 15 is 0 Å². The second kappa shape index (κ2) is 2.62. The summed E-state index contributed by atoms with van der Waals surface area (Å²) in [4.78, 5) is 0. The number of halogens is 1. The Morgan fingerprint density at radius 2 is 2.31 bits per heavy atom. The number of H-pyrrole nitrogens is 1. The molecule has 0 aliphatic rings. The second-order valence-electron chi connectivity index (χ2n) is 2.64. The normalized spacial score (nSPS) is 10.6. The molecule has 5 heteroatoms. The maximum atomic E-state index is 13.3. The third-order valence-electron chi connectivity index (χ3n) is 1.85. The van der Waals surface area contributed by atoms with Crippen LogP contribution < -0.4 is 10.5 Å². The van der Waals surface area contributed by atoms with E-state index in [1.165, 1.54) is 13.2 Å². The van der Waals surface area contributed by atoms with Crippen LogP contribution in [0.25, 0.3) is 10.9 Å². The predicted molar refractivity (Wildman–Crippen MR) is 47.0 cm³/mol. The number of nitrogen functional groups attached to an aromatic ring is 1. The smallest absolute Gasteiger partial charge is 0.156 e. The van der Waals surface area contributed by atoms with E-state index in [1.54, 1.807) is 6.07 Å². The highest BCUT2D eigenvalue weighted by molar-refractivity contribution is 5.90. The topological polar surface area (TPSA) is 63.9 Å². The summed E-state index contributed by atoms with van der Waals surface area (Å²) in [7, 11) is 1.47. The van der Waals surface area contributed by atoms with Crippen LogP contribution in [0.2, 0.25) is 0 Å². The number of rotatable bonds is 1. The molecule has 3 N–H and O–H groups in total. The Labute approximate surface area is 73.5 Å². The lowest BCUT2D eigenvalue weighted by molar-refractivity contribution is 0.412. The first-order valence-electron chi connectivity index (χ1n) is 3.69. The summed E-state index contributed by atoms with van der Waals surface area (Å²) in [5, 5.41) is 6.60. The molecule has 0 aliphatic heterocycles. The Bertz CT molecular complexity index is 452. The van der Waals surface area contributed by atoms with Gasteiger partial charge in [-0.15, -0.1) is 0 Å². The van der Waals surface area contributed by atoms with Crippen LogP contribution in [0.15, 0.2) is 12.1 Å². The average molecular weight is 181 g/mol. The summed E-state index contributed by atoms with van der Waals surface area (Å²) < 4.78 is 18.2. The number of hydrogen-bond donors (Lipinski definition) is 2. The van der Waals surface area contributed by atoms with E-state index in [4.69, 9.17) is 10.5 Å². The molecule has 0 unspecified atom stereocenters. The molecule has 68 valence electrons. The minimum Gasteiger partial charge on any atom is -0.497 e. The SMILES string of the molecule is COc1cc(F)c2c(N)n[nH]c2c1. The van der Waals surface area contributed by atoms with Crippen molar-refractivity contribution in [2.24, 2.45) is 0 Å². The monoisotopic (exact) mass is 181 g/mol. The molecule has 0 radical (unpaired) electrons. The van der Waals surface area contributed by atoms with E-state index in [9.17, 15) is 4.39 Å². The van der Waals surface area contributed by atoms with Crippen LogP contribution in [0.5, 0.6) is 5.75 Å². The summed E-state index contributed by atoms with van der Waals surface area (Å²) in [5.74, 6) is 0.171. The number of aromatic nitrogens is 2. The van der Waals surface area contributed by atoms with Gasteiger partial charge in [-0.25, -0.2) is 4.39 Å². The number of nitrogens with zero attached hydrogens (tertiary/aromatic N) is 1. The minimum atomic E-state index is -0.430. The largest absolute Gasteiger partial charge is 0.497 e. The van der Waals surface area contributed by atoms with Crippen LogP contribution in [0.1, 0.15) is 0 Å². The van der Waals surface area contributed by atoms with Crippen molar-refractivity contribution >= 4 is 16.7 Å². The van der Waals surface area contributed by atoms with Gasteiger partial charge in [-0.1, -0.05) is 0 Å². The van der Waals surface area contributed by atoms with E-state index in [1.807, 2.05) is 0 Å². The molecule has 0 bridgehead atoms. The van der Waals surface area contributed by atoms with Gasteiger partial charge in [-0.2, -0.15) is 5.10 Å². The van der Waals surface area contributed by atoms with Crippen LogP contribution in [0.3, 0.4) is 0 Å². The number of anilines is 1. The van der Waals surface area contributed by atoms with Gasteiger partial charge in [-0.3, -0.25) is 5.10 Å². The van der Waals surface area contributed by atoms with Gasteiger partial charge in [-0.05, 0) is 0 Å². The lowest BCUT2D eigenvalue weighted by atomic mass is 10.2. The van der Waals surface area contributed by atoms with Gasteiger partial charge in [0.1, 0.15) is 11.6 Å². The summed E-state index contributed by atoms with van der Waals surface area (Å²) in [6.07, 6.45) is 0. The summed E-state index contributed by atoms with van der Waals surface area (Å²) in [6.45, 7) is 0. The van der Waals surface area contributed by atoms with Crippen LogP contribution in [0.4, 0.5) is 10.2 Å². The fraction of sp³-hybridized carbons (Fsp3) is 0.125. The molecule has 0 spiro atoms. The lowest BCUT2D eigenvalue weighted by Gasteiger charge is -1.99. The van der Waals surface area contributed by atoms with Crippen molar-refractivity contribution in [3.63, 3.8) is 0 Å². The van der Waals surface area contributed by atoms with Gasteiger partial charge < -0.3 is 10.5 Å². The van der Waals surface area contributed by atoms with Crippen molar-refractivity contribution in [1.29, 1.82) is 0 Å². The number of hydrogen-bond acceptors (Lipinski definition) is 3. The van der Waals surface area contributed by atoms with E-state index < -0.39 is 5.82 Å². The van der Waals surface area contributed by atoms with Gasteiger partial charge >= 0.3 is 0 Å². The van der Waals surface area contributed by atoms with Crippen LogP contribution >= 0.6 is 0 Å². The molecule has 1 aromatic heterocycles. The Morgan fingerprint density at radius 1 is 1.54 bits per heavy atom. The molecule has 0 amide bonds. The van der Waals surface area contributed by atoms with Gasteiger partial charge in [0.15, 0.2) is 5.82 Å². The molecule has 4 nitrogen and oxygen atoms in total. The Morgan fingerprint density at radius 3 is 3.00 bits per heavy atom. The Balaban J connectivity index is 2.79. The number of nitrogens with one attached hydrogen (secondary N) is 1. The fourth-order valence-electron chi connectivity index (χ4n) is 1.22. The number of methoxy groups -OCH3 is 1. The predicted octanol–water partition coefficient (Wildman–Crippen LogP) is 1.29. The van der Waals surface area contributed by atoms with Crippen molar-refractivity contribution in [3.05, 3.63) is 17.9 Å².